The molecule has 0 saturated carbocycles. The molecular weight excluding hydrogens is 466 g/mol. The second-order valence-corrected chi connectivity index (χ2v) is 8.17. The van der Waals surface area contributed by atoms with Crippen LogP contribution in [-0.4, -0.2) is 69.9 Å². The molecule has 194 valence electrons. The summed E-state index contributed by atoms with van der Waals surface area (Å²) in [6, 6.07) is 9.23. The van der Waals surface area contributed by atoms with Crippen molar-refractivity contribution in [3.8, 4) is 23.0 Å². The minimum absolute atomic E-state index is 0.0195. The summed E-state index contributed by atoms with van der Waals surface area (Å²) in [6.07, 6.45) is 1.37. The molecule has 1 atom stereocenters. The van der Waals surface area contributed by atoms with Crippen molar-refractivity contribution in [2.45, 2.75) is 25.8 Å². The summed E-state index contributed by atoms with van der Waals surface area (Å²) >= 11 is 0. The SMILES string of the molecule is CCCOc1ccc(/C(O)=C2/C(=O)C(=O)N(CCCOC)C2c2cc(OC)c(OC)c(OC)c2)cc1. The van der Waals surface area contributed by atoms with Gasteiger partial charge in [0.2, 0.25) is 5.75 Å². The van der Waals surface area contributed by atoms with Gasteiger partial charge >= 0.3 is 0 Å². The zero-order valence-electron chi connectivity index (χ0n) is 21.3. The van der Waals surface area contributed by atoms with Gasteiger partial charge in [-0.25, -0.2) is 0 Å². The fourth-order valence-electron chi connectivity index (χ4n) is 4.18. The highest BCUT2D eigenvalue weighted by Crippen LogP contribution is 2.45. The van der Waals surface area contributed by atoms with Gasteiger partial charge in [-0.1, -0.05) is 6.92 Å². The Balaban J connectivity index is 2.16. The number of rotatable bonds is 12. The minimum Gasteiger partial charge on any atom is -0.507 e. The largest absolute Gasteiger partial charge is 0.507 e. The number of hydrogen-bond donors (Lipinski definition) is 1. The third-order valence-electron chi connectivity index (χ3n) is 5.89. The second kappa shape index (κ2) is 12.3. The highest BCUT2D eigenvalue weighted by atomic mass is 16.5. The molecule has 9 heteroatoms. The van der Waals surface area contributed by atoms with E-state index >= 15 is 0 Å². The quantitative estimate of drug-likeness (QED) is 0.203. The first-order chi connectivity index (χ1) is 17.4. The van der Waals surface area contributed by atoms with Crippen LogP contribution in [0.3, 0.4) is 0 Å². The van der Waals surface area contributed by atoms with Gasteiger partial charge in [0.15, 0.2) is 11.5 Å². The van der Waals surface area contributed by atoms with Gasteiger partial charge in [0.25, 0.3) is 11.7 Å². The number of amides is 1. The Bertz CT molecular complexity index is 1080. The third-order valence-corrected chi connectivity index (χ3v) is 5.89. The molecule has 3 rings (SSSR count). The molecular formula is C27H33NO8. The fraction of sp³-hybridized carbons (Fsp3) is 0.407. The molecule has 36 heavy (non-hydrogen) atoms. The van der Waals surface area contributed by atoms with Crippen LogP contribution in [0.4, 0.5) is 0 Å². The summed E-state index contributed by atoms with van der Waals surface area (Å²) in [5.41, 5.74) is 0.908. The highest BCUT2D eigenvalue weighted by Gasteiger charge is 2.46. The number of carbonyl (C=O) groups excluding carboxylic acids is 2. The van der Waals surface area contributed by atoms with Crippen LogP contribution < -0.4 is 18.9 Å². The Labute approximate surface area is 211 Å². The number of carbonyl (C=O) groups is 2. The number of aliphatic hydroxyl groups excluding tert-OH is 1. The Morgan fingerprint density at radius 1 is 0.944 bits per heavy atom. The molecule has 2 aromatic rings. The van der Waals surface area contributed by atoms with Crippen LogP contribution in [0.2, 0.25) is 0 Å². The summed E-state index contributed by atoms with van der Waals surface area (Å²) in [5, 5.41) is 11.3. The lowest BCUT2D eigenvalue weighted by Gasteiger charge is -2.26. The molecule has 1 aliphatic heterocycles. The Kier molecular flexibility index (Phi) is 9.19. The van der Waals surface area contributed by atoms with Gasteiger partial charge in [-0.2, -0.15) is 0 Å². The van der Waals surface area contributed by atoms with Gasteiger partial charge in [0.05, 0.1) is 39.6 Å². The van der Waals surface area contributed by atoms with Crippen molar-refractivity contribution < 1.29 is 38.4 Å². The number of nitrogens with zero attached hydrogens (tertiary/aromatic N) is 1. The first-order valence-electron chi connectivity index (χ1n) is 11.7. The standard InChI is InChI=1S/C27H33NO8/c1-6-13-36-19-10-8-17(9-11-19)24(29)22-23(28(12-7-14-32-2)27(31)25(22)30)18-15-20(33-3)26(35-5)21(16-18)34-4/h8-11,15-16,23,29H,6-7,12-14H2,1-5H3/b24-22-. The molecule has 0 spiro atoms. The fourth-order valence-corrected chi connectivity index (χ4v) is 4.18. The van der Waals surface area contributed by atoms with Crippen molar-refractivity contribution >= 4 is 17.4 Å². The van der Waals surface area contributed by atoms with Crippen molar-refractivity contribution in [3.63, 3.8) is 0 Å². The third kappa shape index (κ3) is 5.41. The Hall–Kier alpha value is -3.72. The number of ketones is 1. The van der Waals surface area contributed by atoms with E-state index in [1.54, 1.807) is 43.5 Å². The van der Waals surface area contributed by atoms with Crippen LogP contribution in [0, 0.1) is 0 Å². The summed E-state index contributed by atoms with van der Waals surface area (Å²) in [7, 11) is 6.03. The van der Waals surface area contributed by atoms with E-state index < -0.39 is 17.7 Å². The number of likely N-dealkylation sites (tertiary alicyclic amines) is 1. The van der Waals surface area contributed by atoms with Gasteiger partial charge in [-0.05, 0) is 54.8 Å². The van der Waals surface area contributed by atoms with Gasteiger partial charge in [0, 0.05) is 25.8 Å². The van der Waals surface area contributed by atoms with Gasteiger partial charge in [-0.3, -0.25) is 9.59 Å². The molecule has 0 aliphatic carbocycles. The predicted molar refractivity (Wildman–Crippen MR) is 134 cm³/mol. The summed E-state index contributed by atoms with van der Waals surface area (Å²) in [5.74, 6) is 0.0172. The highest BCUT2D eigenvalue weighted by molar-refractivity contribution is 6.46. The van der Waals surface area contributed by atoms with Crippen molar-refractivity contribution in [3.05, 3.63) is 53.1 Å². The van der Waals surface area contributed by atoms with Crippen molar-refractivity contribution in [2.75, 3.05) is 48.2 Å². The van der Waals surface area contributed by atoms with E-state index in [9.17, 15) is 14.7 Å². The lowest BCUT2D eigenvalue weighted by molar-refractivity contribution is -0.140. The van der Waals surface area contributed by atoms with Crippen molar-refractivity contribution in [2.24, 2.45) is 0 Å². The topological polar surface area (TPSA) is 104 Å². The molecule has 0 bridgehead atoms. The first-order valence-corrected chi connectivity index (χ1v) is 11.7. The van der Waals surface area contributed by atoms with Gasteiger partial charge in [0.1, 0.15) is 11.5 Å². The van der Waals surface area contributed by atoms with Crippen molar-refractivity contribution in [1.82, 2.24) is 4.90 Å². The molecule has 2 aromatic carbocycles. The summed E-state index contributed by atoms with van der Waals surface area (Å²) in [6.45, 7) is 3.23. The number of benzene rings is 2. The average molecular weight is 500 g/mol. The van der Waals surface area contributed by atoms with E-state index in [0.717, 1.165) is 6.42 Å². The normalized spacial score (nSPS) is 16.8. The number of ether oxygens (including phenoxy) is 5. The molecule has 1 N–H and O–H groups in total. The van der Waals surface area contributed by atoms with Crippen LogP contribution in [-0.2, 0) is 14.3 Å². The summed E-state index contributed by atoms with van der Waals surface area (Å²) in [4.78, 5) is 27.8. The van der Waals surface area contributed by atoms with Gasteiger partial charge in [-0.15, -0.1) is 0 Å². The number of methoxy groups -OCH3 is 4. The Morgan fingerprint density at radius 3 is 2.11 bits per heavy atom. The molecule has 1 heterocycles. The molecule has 1 aliphatic rings. The van der Waals surface area contributed by atoms with Crippen LogP contribution >= 0.6 is 0 Å². The molecule has 1 amide bonds. The van der Waals surface area contributed by atoms with Crippen LogP contribution in [0.5, 0.6) is 23.0 Å². The molecule has 1 fully saturated rings. The molecule has 0 radical (unpaired) electrons. The smallest absolute Gasteiger partial charge is 0.295 e. The maximum atomic E-state index is 13.2. The van der Waals surface area contributed by atoms with E-state index in [0.29, 0.717) is 53.8 Å². The summed E-state index contributed by atoms with van der Waals surface area (Å²) < 4.78 is 27.1. The van der Waals surface area contributed by atoms with E-state index in [-0.39, 0.29) is 17.9 Å². The Morgan fingerprint density at radius 2 is 1.58 bits per heavy atom. The lowest BCUT2D eigenvalue weighted by atomic mass is 9.94. The molecule has 9 nitrogen and oxygen atoms in total. The zero-order valence-corrected chi connectivity index (χ0v) is 21.3. The number of aliphatic hydroxyl groups is 1. The predicted octanol–water partition coefficient (Wildman–Crippen LogP) is 3.96. The molecule has 1 saturated heterocycles. The molecule has 0 aromatic heterocycles. The van der Waals surface area contributed by atoms with E-state index in [1.807, 2.05) is 6.92 Å². The average Bonchev–Trinajstić information content (AvgIpc) is 3.16. The maximum Gasteiger partial charge on any atom is 0.295 e. The second-order valence-electron chi connectivity index (χ2n) is 8.17. The van der Waals surface area contributed by atoms with E-state index in [1.165, 1.54) is 26.2 Å². The molecule has 1 unspecified atom stereocenters. The number of Topliss-reactive ketones (excluding diaryl/α,β-unsaturated/α-hetero) is 1. The van der Waals surface area contributed by atoms with E-state index in [2.05, 4.69) is 0 Å². The van der Waals surface area contributed by atoms with Crippen LogP contribution in [0.15, 0.2) is 42.0 Å². The van der Waals surface area contributed by atoms with Crippen LogP contribution in [0.25, 0.3) is 5.76 Å². The van der Waals surface area contributed by atoms with Crippen LogP contribution in [0.1, 0.15) is 36.9 Å². The number of hydrogen-bond acceptors (Lipinski definition) is 8. The zero-order chi connectivity index (χ0) is 26.2. The van der Waals surface area contributed by atoms with E-state index in [4.69, 9.17) is 23.7 Å². The monoisotopic (exact) mass is 499 g/mol. The van der Waals surface area contributed by atoms with Crippen molar-refractivity contribution in [1.29, 1.82) is 0 Å². The minimum atomic E-state index is -0.869. The lowest BCUT2D eigenvalue weighted by Crippen LogP contribution is -2.31. The maximum absolute atomic E-state index is 13.2. The first kappa shape index (κ1) is 26.9. The van der Waals surface area contributed by atoms with Gasteiger partial charge < -0.3 is 33.7 Å².